The third kappa shape index (κ3) is 2.55. The van der Waals surface area contributed by atoms with E-state index < -0.39 is 11.0 Å². The second kappa shape index (κ2) is 5.44. The predicted octanol–water partition coefficient (Wildman–Crippen LogP) is 4.28. The van der Waals surface area contributed by atoms with Gasteiger partial charge in [-0.05, 0) is 49.9 Å². The summed E-state index contributed by atoms with van der Waals surface area (Å²) in [6.07, 6.45) is 8.01. The van der Waals surface area contributed by atoms with E-state index in [1.54, 1.807) is 0 Å². The summed E-state index contributed by atoms with van der Waals surface area (Å²) < 4.78 is 0. The Kier molecular flexibility index (Phi) is 4.26. The van der Waals surface area contributed by atoms with Crippen LogP contribution < -0.4 is 0 Å². The molecule has 2 nitrogen and oxygen atoms in total. The Balaban J connectivity index is 2.23. The van der Waals surface area contributed by atoms with Crippen LogP contribution in [-0.2, 0) is 0 Å². The quantitative estimate of drug-likeness (QED) is 0.808. The zero-order chi connectivity index (χ0) is 14.1. The van der Waals surface area contributed by atoms with Gasteiger partial charge >= 0.3 is 0 Å². The largest absolute Gasteiger partial charge is 0.388 e. The normalized spacial score (nSPS) is 47.6. The number of hydrogen-bond donors (Lipinski definition) is 1. The zero-order valence-corrected chi connectivity index (χ0v) is 12.8. The second-order valence-corrected chi connectivity index (χ2v) is 7.29. The Bertz CT molecular complexity index is 361. The van der Waals surface area contributed by atoms with Gasteiger partial charge in [0.2, 0.25) is 0 Å². The van der Waals surface area contributed by atoms with Crippen molar-refractivity contribution in [3.8, 4) is 6.07 Å². The molecule has 1 N–H and O–H groups in total. The second-order valence-electron chi connectivity index (χ2n) is 7.29. The van der Waals surface area contributed by atoms with Crippen LogP contribution in [0.3, 0.4) is 0 Å². The summed E-state index contributed by atoms with van der Waals surface area (Å²) in [5, 5.41) is 21.0. The molecule has 0 aromatic rings. The van der Waals surface area contributed by atoms with Gasteiger partial charge in [0, 0.05) is 0 Å². The van der Waals surface area contributed by atoms with E-state index in [2.05, 4.69) is 26.8 Å². The van der Waals surface area contributed by atoms with Crippen LogP contribution in [-0.4, -0.2) is 10.7 Å². The van der Waals surface area contributed by atoms with Gasteiger partial charge in [0.05, 0.1) is 17.1 Å². The number of nitrogens with zero attached hydrogens (tertiary/aromatic N) is 1. The van der Waals surface area contributed by atoms with Crippen LogP contribution >= 0.6 is 0 Å². The van der Waals surface area contributed by atoms with E-state index in [9.17, 15) is 10.4 Å². The van der Waals surface area contributed by atoms with Crippen LogP contribution in [0.1, 0.15) is 72.1 Å². The first-order chi connectivity index (χ1) is 8.96. The van der Waals surface area contributed by atoms with Crippen LogP contribution in [0.4, 0.5) is 0 Å². The highest BCUT2D eigenvalue weighted by Crippen LogP contribution is 2.54. The SMILES string of the molecule is CCC1CCCC(C#N)(C2(O)CCC(C)C(C)C2)C1. The fourth-order valence-electron chi connectivity index (χ4n) is 4.39. The summed E-state index contributed by atoms with van der Waals surface area (Å²) in [6.45, 7) is 6.73. The Morgan fingerprint density at radius 1 is 1.16 bits per heavy atom. The number of aliphatic hydroxyl groups is 1. The molecule has 0 saturated heterocycles. The maximum atomic E-state index is 11.2. The molecule has 5 unspecified atom stereocenters. The van der Waals surface area contributed by atoms with Crippen molar-refractivity contribution in [1.29, 1.82) is 5.26 Å². The van der Waals surface area contributed by atoms with E-state index in [4.69, 9.17) is 0 Å². The van der Waals surface area contributed by atoms with E-state index in [1.165, 1.54) is 6.42 Å². The lowest BCUT2D eigenvalue weighted by molar-refractivity contribution is -0.124. The standard InChI is InChI=1S/C17H29NO/c1-4-15-6-5-8-16(11-15,12-18)17(19)9-7-13(2)14(3)10-17/h13-15,19H,4-11H2,1-3H3. The fourth-order valence-corrected chi connectivity index (χ4v) is 4.39. The minimum atomic E-state index is -0.735. The molecule has 2 rings (SSSR count). The summed E-state index contributed by atoms with van der Waals surface area (Å²) in [6, 6.07) is 2.58. The molecule has 0 heterocycles. The Morgan fingerprint density at radius 2 is 1.89 bits per heavy atom. The van der Waals surface area contributed by atoms with Crippen LogP contribution in [0.15, 0.2) is 0 Å². The van der Waals surface area contributed by atoms with Crippen molar-refractivity contribution >= 4 is 0 Å². The summed E-state index contributed by atoms with van der Waals surface area (Å²) >= 11 is 0. The van der Waals surface area contributed by atoms with Crippen molar-refractivity contribution in [1.82, 2.24) is 0 Å². The fraction of sp³-hybridized carbons (Fsp3) is 0.941. The minimum Gasteiger partial charge on any atom is -0.388 e. The predicted molar refractivity (Wildman–Crippen MR) is 77.4 cm³/mol. The monoisotopic (exact) mass is 263 g/mol. The summed E-state index contributed by atoms with van der Waals surface area (Å²) in [5.41, 5.74) is -1.21. The molecule has 2 aliphatic rings. The first-order valence-corrected chi connectivity index (χ1v) is 8.10. The van der Waals surface area contributed by atoms with Gasteiger partial charge in [-0.1, -0.05) is 40.0 Å². The van der Waals surface area contributed by atoms with Crippen molar-refractivity contribution in [2.24, 2.45) is 23.2 Å². The molecule has 0 radical (unpaired) electrons. The molecule has 5 atom stereocenters. The molecule has 0 amide bonds. The van der Waals surface area contributed by atoms with Gasteiger partial charge < -0.3 is 5.11 Å². The first-order valence-electron chi connectivity index (χ1n) is 8.10. The molecule has 2 aliphatic carbocycles. The lowest BCUT2D eigenvalue weighted by Gasteiger charge is -2.51. The summed E-state index contributed by atoms with van der Waals surface area (Å²) in [4.78, 5) is 0. The summed E-state index contributed by atoms with van der Waals surface area (Å²) in [7, 11) is 0. The average molecular weight is 263 g/mol. The van der Waals surface area contributed by atoms with Crippen molar-refractivity contribution in [3.63, 3.8) is 0 Å². The van der Waals surface area contributed by atoms with E-state index in [0.717, 1.165) is 44.9 Å². The van der Waals surface area contributed by atoms with Gasteiger partial charge in [-0.3, -0.25) is 0 Å². The van der Waals surface area contributed by atoms with Gasteiger partial charge in [-0.2, -0.15) is 5.26 Å². The van der Waals surface area contributed by atoms with Gasteiger partial charge in [-0.15, -0.1) is 0 Å². The molecule has 0 spiro atoms. The summed E-state index contributed by atoms with van der Waals surface area (Å²) in [5.74, 6) is 1.85. The minimum absolute atomic E-state index is 0.472. The molecule has 19 heavy (non-hydrogen) atoms. The van der Waals surface area contributed by atoms with Gasteiger partial charge in [0.1, 0.15) is 0 Å². The van der Waals surface area contributed by atoms with E-state index in [1.807, 2.05) is 0 Å². The highest BCUT2D eigenvalue weighted by molar-refractivity contribution is 5.14. The Morgan fingerprint density at radius 3 is 2.47 bits per heavy atom. The first kappa shape index (κ1) is 14.9. The Hall–Kier alpha value is -0.550. The van der Waals surface area contributed by atoms with Crippen LogP contribution in [0.5, 0.6) is 0 Å². The van der Waals surface area contributed by atoms with Crippen molar-refractivity contribution in [3.05, 3.63) is 0 Å². The molecule has 108 valence electrons. The number of rotatable bonds is 2. The van der Waals surface area contributed by atoms with Gasteiger partial charge in [0.25, 0.3) is 0 Å². The molecule has 0 aromatic heterocycles. The highest BCUT2D eigenvalue weighted by atomic mass is 16.3. The van der Waals surface area contributed by atoms with Crippen LogP contribution in [0.2, 0.25) is 0 Å². The average Bonchev–Trinajstić information content (AvgIpc) is 2.43. The third-order valence-corrected chi connectivity index (χ3v) is 6.18. The van der Waals surface area contributed by atoms with Crippen LogP contribution in [0.25, 0.3) is 0 Å². The third-order valence-electron chi connectivity index (χ3n) is 6.18. The molecule has 0 aromatic carbocycles. The smallest absolute Gasteiger partial charge is 0.0863 e. The molecule has 2 heteroatoms. The molecule has 2 saturated carbocycles. The van der Waals surface area contributed by atoms with Crippen molar-refractivity contribution in [2.75, 3.05) is 0 Å². The van der Waals surface area contributed by atoms with E-state index >= 15 is 0 Å². The molecule has 0 aliphatic heterocycles. The number of hydrogen-bond acceptors (Lipinski definition) is 2. The van der Waals surface area contributed by atoms with E-state index in [-0.39, 0.29) is 0 Å². The molecular weight excluding hydrogens is 234 g/mol. The lowest BCUT2D eigenvalue weighted by Crippen LogP contribution is -2.53. The maximum absolute atomic E-state index is 11.2. The van der Waals surface area contributed by atoms with Crippen molar-refractivity contribution < 1.29 is 5.11 Å². The topological polar surface area (TPSA) is 44.0 Å². The zero-order valence-electron chi connectivity index (χ0n) is 12.8. The Labute approximate surface area is 118 Å². The molecule has 0 bridgehead atoms. The van der Waals surface area contributed by atoms with Crippen molar-refractivity contribution in [2.45, 2.75) is 77.7 Å². The lowest BCUT2D eigenvalue weighted by atomic mass is 9.55. The van der Waals surface area contributed by atoms with Crippen LogP contribution in [0, 0.1) is 34.5 Å². The van der Waals surface area contributed by atoms with E-state index in [0.29, 0.717) is 17.8 Å². The highest BCUT2D eigenvalue weighted by Gasteiger charge is 2.54. The maximum Gasteiger partial charge on any atom is 0.0863 e. The van der Waals surface area contributed by atoms with Gasteiger partial charge in [-0.25, -0.2) is 0 Å². The number of nitriles is 1. The molecule has 2 fully saturated rings. The van der Waals surface area contributed by atoms with Gasteiger partial charge in [0.15, 0.2) is 0 Å². The molecular formula is C17H29NO.